The van der Waals surface area contributed by atoms with Crippen LogP contribution in [0.1, 0.15) is 12.0 Å². The van der Waals surface area contributed by atoms with Crippen LogP contribution < -0.4 is 11.2 Å². The highest BCUT2D eigenvalue weighted by molar-refractivity contribution is 9.10. The minimum absolute atomic E-state index is 0.0457. The van der Waals surface area contributed by atoms with Crippen LogP contribution in [0.3, 0.4) is 0 Å². The molecule has 66 valence electrons. The second kappa shape index (κ2) is 3.22. The number of hydrogen-bond donors (Lipinski definition) is 2. The number of aromatic amines is 1. The summed E-state index contributed by atoms with van der Waals surface area (Å²) in [6, 6.07) is 0. The number of H-pyrrole nitrogens is 1. The molecule has 1 heterocycles. The van der Waals surface area contributed by atoms with E-state index in [1.54, 1.807) is 0 Å². The molecule has 0 aliphatic carbocycles. The number of halogens is 3. The summed E-state index contributed by atoms with van der Waals surface area (Å²) in [6.07, 6.45) is -1.88. The molecule has 1 aromatic heterocycles. The van der Waals surface area contributed by atoms with Gasteiger partial charge in [0.15, 0.2) is 0 Å². The first kappa shape index (κ1) is 9.18. The van der Waals surface area contributed by atoms with Gasteiger partial charge in [-0.2, -0.15) is 0 Å². The van der Waals surface area contributed by atoms with Gasteiger partial charge >= 0.3 is 0 Å². The van der Waals surface area contributed by atoms with Crippen LogP contribution in [0.5, 0.6) is 0 Å². The molecule has 0 unspecified atom stereocenters. The number of hydrogen-bond acceptors (Lipinski definition) is 2. The summed E-state index contributed by atoms with van der Waals surface area (Å²) in [6.45, 7) is 0. The first-order chi connectivity index (χ1) is 5.54. The number of aromatic nitrogens is 1. The SMILES string of the molecule is Nc1[nH]cc(C(F)F)c(=O)c1Br. The van der Waals surface area contributed by atoms with Crippen molar-refractivity contribution >= 4 is 21.7 Å². The van der Waals surface area contributed by atoms with E-state index in [0.29, 0.717) is 0 Å². The maximum absolute atomic E-state index is 12.1. The number of nitrogen functional groups attached to an aromatic ring is 1. The molecule has 0 aromatic carbocycles. The van der Waals surface area contributed by atoms with E-state index >= 15 is 0 Å². The standard InChI is InChI=1S/C6H5BrF2N2O/c7-3-4(12)2(5(8)9)1-11-6(3)10/h1,5H,(H3,10,11,12). The average molecular weight is 239 g/mol. The summed E-state index contributed by atoms with van der Waals surface area (Å²) in [5.74, 6) is 0.0457. The molecule has 0 bridgehead atoms. The summed E-state index contributed by atoms with van der Waals surface area (Å²) in [4.78, 5) is 13.3. The normalized spacial score (nSPS) is 10.7. The topological polar surface area (TPSA) is 58.9 Å². The Bertz CT molecular complexity index is 350. The molecule has 6 heteroatoms. The minimum Gasteiger partial charge on any atom is -0.384 e. The maximum atomic E-state index is 12.1. The van der Waals surface area contributed by atoms with Crippen LogP contribution in [0, 0.1) is 0 Å². The summed E-state index contributed by atoms with van der Waals surface area (Å²) in [5, 5.41) is 0. The first-order valence-corrected chi connectivity index (χ1v) is 3.78. The molecule has 0 spiro atoms. The highest BCUT2D eigenvalue weighted by Crippen LogP contribution is 2.18. The third kappa shape index (κ3) is 1.47. The smallest absolute Gasteiger partial charge is 0.269 e. The summed E-state index contributed by atoms with van der Waals surface area (Å²) in [5.41, 5.74) is 3.88. The number of pyridine rings is 1. The lowest BCUT2D eigenvalue weighted by atomic mass is 10.3. The van der Waals surface area contributed by atoms with Crippen LogP contribution in [0.4, 0.5) is 14.6 Å². The molecule has 0 atom stereocenters. The molecular weight excluding hydrogens is 234 g/mol. The van der Waals surface area contributed by atoms with Crippen molar-refractivity contribution in [3.8, 4) is 0 Å². The Morgan fingerprint density at radius 3 is 2.67 bits per heavy atom. The van der Waals surface area contributed by atoms with Crippen molar-refractivity contribution in [2.24, 2.45) is 0 Å². The Labute approximate surface area is 74.7 Å². The third-order valence-corrected chi connectivity index (χ3v) is 2.10. The van der Waals surface area contributed by atoms with Crippen molar-refractivity contribution in [1.29, 1.82) is 0 Å². The van der Waals surface area contributed by atoms with Crippen LogP contribution >= 0.6 is 15.9 Å². The molecule has 0 saturated heterocycles. The highest BCUT2D eigenvalue weighted by atomic mass is 79.9. The second-order valence-electron chi connectivity index (χ2n) is 2.10. The third-order valence-electron chi connectivity index (χ3n) is 1.32. The van der Waals surface area contributed by atoms with Crippen LogP contribution in [-0.4, -0.2) is 4.98 Å². The predicted molar refractivity (Wildman–Crippen MR) is 44.1 cm³/mol. The monoisotopic (exact) mass is 238 g/mol. The number of anilines is 1. The largest absolute Gasteiger partial charge is 0.384 e. The van der Waals surface area contributed by atoms with E-state index in [0.717, 1.165) is 6.20 Å². The van der Waals surface area contributed by atoms with Crippen LogP contribution in [-0.2, 0) is 0 Å². The van der Waals surface area contributed by atoms with E-state index in [4.69, 9.17) is 5.73 Å². The highest BCUT2D eigenvalue weighted by Gasteiger charge is 2.14. The Kier molecular flexibility index (Phi) is 2.46. The van der Waals surface area contributed by atoms with Gasteiger partial charge in [-0.05, 0) is 15.9 Å². The quantitative estimate of drug-likeness (QED) is 0.782. The fraction of sp³-hybridized carbons (Fsp3) is 0.167. The Morgan fingerprint density at radius 2 is 2.17 bits per heavy atom. The Balaban J connectivity index is 3.37. The maximum Gasteiger partial charge on any atom is 0.269 e. The van der Waals surface area contributed by atoms with Gasteiger partial charge in [0.05, 0.1) is 5.56 Å². The lowest BCUT2D eigenvalue weighted by Gasteiger charge is -2.01. The van der Waals surface area contributed by atoms with E-state index in [1.807, 2.05) is 0 Å². The molecule has 0 aliphatic heterocycles. The van der Waals surface area contributed by atoms with Crippen LogP contribution in [0.2, 0.25) is 0 Å². The lowest BCUT2D eigenvalue weighted by molar-refractivity contribution is 0.149. The van der Waals surface area contributed by atoms with Crippen molar-refractivity contribution < 1.29 is 8.78 Å². The lowest BCUT2D eigenvalue weighted by Crippen LogP contribution is -2.13. The van der Waals surface area contributed by atoms with E-state index in [2.05, 4.69) is 20.9 Å². The van der Waals surface area contributed by atoms with Crippen molar-refractivity contribution in [1.82, 2.24) is 4.98 Å². The summed E-state index contributed by atoms with van der Waals surface area (Å²) in [7, 11) is 0. The van der Waals surface area contributed by atoms with E-state index in [1.165, 1.54) is 0 Å². The Morgan fingerprint density at radius 1 is 1.58 bits per heavy atom. The van der Waals surface area contributed by atoms with E-state index < -0.39 is 17.4 Å². The fourth-order valence-corrected chi connectivity index (χ4v) is 1.04. The minimum atomic E-state index is -2.79. The van der Waals surface area contributed by atoms with Gasteiger partial charge in [-0.25, -0.2) is 8.78 Å². The fourth-order valence-electron chi connectivity index (χ4n) is 0.696. The number of alkyl halides is 2. The van der Waals surface area contributed by atoms with Crippen LogP contribution in [0.25, 0.3) is 0 Å². The molecule has 3 N–H and O–H groups in total. The molecule has 0 saturated carbocycles. The summed E-state index contributed by atoms with van der Waals surface area (Å²) < 4.78 is 24.1. The van der Waals surface area contributed by atoms with Gasteiger partial charge in [-0.1, -0.05) is 0 Å². The van der Waals surface area contributed by atoms with Crippen molar-refractivity contribution in [3.63, 3.8) is 0 Å². The van der Waals surface area contributed by atoms with Crippen molar-refractivity contribution in [2.75, 3.05) is 5.73 Å². The zero-order valence-electron chi connectivity index (χ0n) is 5.77. The zero-order valence-corrected chi connectivity index (χ0v) is 7.36. The van der Waals surface area contributed by atoms with Gasteiger partial charge in [0.1, 0.15) is 10.3 Å². The molecule has 3 nitrogen and oxygen atoms in total. The van der Waals surface area contributed by atoms with E-state index in [-0.39, 0.29) is 10.3 Å². The number of rotatable bonds is 1. The number of nitrogens with one attached hydrogen (secondary N) is 1. The molecule has 0 amide bonds. The van der Waals surface area contributed by atoms with Crippen molar-refractivity contribution in [2.45, 2.75) is 6.43 Å². The molecule has 0 fully saturated rings. The molecule has 1 aromatic rings. The van der Waals surface area contributed by atoms with Gasteiger partial charge < -0.3 is 10.7 Å². The van der Waals surface area contributed by atoms with Gasteiger partial charge in [-0.3, -0.25) is 4.79 Å². The Hall–Kier alpha value is -0.910. The van der Waals surface area contributed by atoms with Gasteiger partial charge in [0.25, 0.3) is 6.43 Å². The van der Waals surface area contributed by atoms with E-state index in [9.17, 15) is 13.6 Å². The van der Waals surface area contributed by atoms with Gasteiger partial charge in [-0.15, -0.1) is 0 Å². The predicted octanol–water partition coefficient (Wildman–Crippen LogP) is 1.66. The molecule has 0 aliphatic rings. The molecule has 1 rings (SSSR count). The van der Waals surface area contributed by atoms with Crippen LogP contribution in [0.15, 0.2) is 15.5 Å². The number of nitrogens with two attached hydrogens (primary N) is 1. The second-order valence-corrected chi connectivity index (χ2v) is 2.89. The zero-order chi connectivity index (χ0) is 9.30. The summed E-state index contributed by atoms with van der Waals surface area (Å²) >= 11 is 2.80. The molecule has 12 heavy (non-hydrogen) atoms. The average Bonchev–Trinajstić information content (AvgIpc) is 2.00. The molecule has 0 radical (unpaired) electrons. The molecular formula is C6H5BrF2N2O. The first-order valence-electron chi connectivity index (χ1n) is 2.98. The van der Waals surface area contributed by atoms with Gasteiger partial charge in [0.2, 0.25) is 5.43 Å². The van der Waals surface area contributed by atoms with Crippen molar-refractivity contribution in [3.05, 3.63) is 26.5 Å². The van der Waals surface area contributed by atoms with Gasteiger partial charge in [0, 0.05) is 6.20 Å².